The Balaban J connectivity index is 1.97. The van der Waals surface area contributed by atoms with E-state index >= 15 is 0 Å². The normalized spacial score (nSPS) is 10.4. The van der Waals surface area contributed by atoms with Gasteiger partial charge in [0.05, 0.1) is 11.6 Å². The summed E-state index contributed by atoms with van der Waals surface area (Å²) in [5.74, 6) is 5.68. The highest BCUT2D eigenvalue weighted by Gasteiger charge is 2.03. The van der Waals surface area contributed by atoms with Gasteiger partial charge in [0, 0.05) is 0 Å². The minimum Gasteiger partial charge on any atom is -0.487 e. The molecule has 0 atom stereocenters. The highest BCUT2D eigenvalue weighted by Crippen LogP contribution is 2.26. The highest BCUT2D eigenvalue weighted by molar-refractivity contribution is 6.32. The Labute approximate surface area is 117 Å². The molecule has 0 fully saturated rings. The van der Waals surface area contributed by atoms with Gasteiger partial charge in [0.15, 0.2) is 0 Å². The third-order valence-corrected chi connectivity index (χ3v) is 3.04. The SMILES string of the molecule is NOCCc1ccc(OCc2ccccc2)c(Cl)c1. The average molecular weight is 278 g/mol. The third-order valence-electron chi connectivity index (χ3n) is 2.74. The summed E-state index contributed by atoms with van der Waals surface area (Å²) in [6.07, 6.45) is 0.731. The number of ether oxygens (including phenoxy) is 1. The lowest BCUT2D eigenvalue weighted by Crippen LogP contribution is -2.03. The van der Waals surface area contributed by atoms with E-state index < -0.39 is 0 Å². The summed E-state index contributed by atoms with van der Waals surface area (Å²) in [5.41, 5.74) is 2.18. The van der Waals surface area contributed by atoms with Gasteiger partial charge in [-0.25, -0.2) is 5.90 Å². The number of benzene rings is 2. The predicted octanol–water partition coefficient (Wildman–Crippen LogP) is 3.35. The molecule has 0 aromatic heterocycles. The molecule has 0 saturated heterocycles. The van der Waals surface area contributed by atoms with Crippen molar-refractivity contribution >= 4 is 11.6 Å². The van der Waals surface area contributed by atoms with E-state index in [0.717, 1.165) is 17.5 Å². The summed E-state index contributed by atoms with van der Waals surface area (Å²) in [5, 5.41) is 0.602. The molecule has 0 amide bonds. The van der Waals surface area contributed by atoms with Gasteiger partial charge >= 0.3 is 0 Å². The van der Waals surface area contributed by atoms with Gasteiger partial charge in [-0.05, 0) is 29.7 Å². The van der Waals surface area contributed by atoms with Crippen LogP contribution in [0.1, 0.15) is 11.1 Å². The zero-order chi connectivity index (χ0) is 13.5. The van der Waals surface area contributed by atoms with Crippen molar-refractivity contribution in [3.63, 3.8) is 0 Å². The van der Waals surface area contributed by atoms with Gasteiger partial charge in [0.25, 0.3) is 0 Å². The summed E-state index contributed by atoms with van der Waals surface area (Å²) in [7, 11) is 0. The van der Waals surface area contributed by atoms with E-state index in [-0.39, 0.29) is 0 Å². The summed E-state index contributed by atoms with van der Waals surface area (Å²) < 4.78 is 5.69. The van der Waals surface area contributed by atoms with E-state index in [9.17, 15) is 0 Å². The molecule has 4 heteroatoms. The van der Waals surface area contributed by atoms with Gasteiger partial charge in [-0.15, -0.1) is 0 Å². The van der Waals surface area contributed by atoms with Gasteiger partial charge in [-0.1, -0.05) is 48.0 Å². The Morgan fingerprint density at radius 1 is 1.00 bits per heavy atom. The minimum absolute atomic E-state index is 0.473. The maximum Gasteiger partial charge on any atom is 0.138 e. The van der Waals surface area contributed by atoms with Crippen molar-refractivity contribution in [1.82, 2.24) is 0 Å². The quantitative estimate of drug-likeness (QED) is 0.824. The van der Waals surface area contributed by atoms with Crippen molar-refractivity contribution in [1.29, 1.82) is 0 Å². The largest absolute Gasteiger partial charge is 0.487 e. The van der Waals surface area contributed by atoms with Crippen LogP contribution in [0.4, 0.5) is 0 Å². The fourth-order valence-electron chi connectivity index (χ4n) is 1.73. The Morgan fingerprint density at radius 2 is 1.79 bits per heavy atom. The Morgan fingerprint density at radius 3 is 2.47 bits per heavy atom. The van der Waals surface area contributed by atoms with Crippen LogP contribution in [0.5, 0.6) is 5.75 Å². The van der Waals surface area contributed by atoms with Gasteiger partial charge < -0.3 is 9.57 Å². The minimum atomic E-state index is 0.473. The number of hydrogen-bond donors (Lipinski definition) is 1. The van der Waals surface area contributed by atoms with Gasteiger partial charge in [0.1, 0.15) is 12.4 Å². The van der Waals surface area contributed by atoms with Gasteiger partial charge in [-0.3, -0.25) is 0 Å². The third kappa shape index (κ3) is 4.24. The monoisotopic (exact) mass is 277 g/mol. The van der Waals surface area contributed by atoms with Crippen LogP contribution in [-0.4, -0.2) is 6.61 Å². The summed E-state index contributed by atoms with van der Waals surface area (Å²) in [4.78, 5) is 4.55. The first-order valence-corrected chi connectivity index (χ1v) is 6.44. The molecule has 0 saturated carbocycles. The molecule has 2 aromatic rings. The second-order valence-corrected chi connectivity index (χ2v) is 4.57. The summed E-state index contributed by atoms with van der Waals surface area (Å²) >= 11 is 6.18. The smallest absolute Gasteiger partial charge is 0.138 e. The van der Waals surface area contributed by atoms with Gasteiger partial charge in [-0.2, -0.15) is 0 Å². The van der Waals surface area contributed by atoms with Crippen molar-refractivity contribution in [2.75, 3.05) is 6.61 Å². The van der Waals surface area contributed by atoms with Crippen LogP contribution in [0.2, 0.25) is 5.02 Å². The van der Waals surface area contributed by atoms with E-state index in [1.165, 1.54) is 0 Å². The first kappa shape index (κ1) is 13.9. The van der Waals surface area contributed by atoms with Crippen molar-refractivity contribution < 1.29 is 9.57 Å². The molecule has 0 radical (unpaired) electrons. The maximum absolute atomic E-state index is 6.18. The molecule has 100 valence electrons. The van der Waals surface area contributed by atoms with Crippen LogP contribution in [0.15, 0.2) is 48.5 Å². The Kier molecular flexibility index (Phi) is 5.21. The summed E-state index contributed by atoms with van der Waals surface area (Å²) in [6, 6.07) is 15.7. The fourth-order valence-corrected chi connectivity index (χ4v) is 1.99. The van der Waals surface area contributed by atoms with Crippen molar-refractivity contribution in [2.45, 2.75) is 13.0 Å². The number of nitrogens with two attached hydrogens (primary N) is 1. The molecule has 0 aliphatic heterocycles. The number of rotatable bonds is 6. The standard InChI is InChI=1S/C15H16ClNO2/c16-14-10-12(8-9-19-17)6-7-15(14)18-11-13-4-2-1-3-5-13/h1-7,10H,8-9,11,17H2. The molecule has 3 nitrogen and oxygen atoms in total. The van der Waals surface area contributed by atoms with E-state index in [4.69, 9.17) is 22.2 Å². The van der Waals surface area contributed by atoms with Gasteiger partial charge in [0.2, 0.25) is 0 Å². The molecule has 2 N–H and O–H groups in total. The van der Waals surface area contributed by atoms with E-state index in [0.29, 0.717) is 24.0 Å². The van der Waals surface area contributed by atoms with E-state index in [2.05, 4.69) is 4.84 Å². The molecule has 19 heavy (non-hydrogen) atoms. The van der Waals surface area contributed by atoms with Crippen LogP contribution < -0.4 is 10.6 Å². The first-order valence-electron chi connectivity index (χ1n) is 6.06. The molecule has 0 spiro atoms. The maximum atomic E-state index is 6.18. The molecule has 0 unspecified atom stereocenters. The lowest BCUT2D eigenvalue weighted by molar-refractivity contribution is 0.141. The van der Waals surface area contributed by atoms with Crippen molar-refractivity contribution in [3.05, 3.63) is 64.7 Å². The van der Waals surface area contributed by atoms with Crippen LogP contribution in [0, 0.1) is 0 Å². The molecule has 2 aromatic carbocycles. The Hall–Kier alpha value is -1.55. The lowest BCUT2D eigenvalue weighted by Gasteiger charge is -2.09. The molecule has 0 aliphatic carbocycles. The van der Waals surface area contributed by atoms with E-state index in [1.807, 2.05) is 48.5 Å². The highest BCUT2D eigenvalue weighted by atomic mass is 35.5. The predicted molar refractivity (Wildman–Crippen MR) is 76.1 cm³/mol. The van der Waals surface area contributed by atoms with Crippen LogP contribution in [0.25, 0.3) is 0 Å². The lowest BCUT2D eigenvalue weighted by atomic mass is 10.1. The second kappa shape index (κ2) is 7.14. The number of halogens is 1. The van der Waals surface area contributed by atoms with Crippen LogP contribution >= 0.6 is 11.6 Å². The molecule has 0 aliphatic rings. The Bertz CT molecular complexity index is 517. The van der Waals surface area contributed by atoms with Crippen LogP contribution in [0.3, 0.4) is 0 Å². The molecular formula is C15H16ClNO2. The molecule has 0 bridgehead atoms. The topological polar surface area (TPSA) is 44.5 Å². The fraction of sp³-hybridized carbons (Fsp3) is 0.200. The number of hydrogen-bond acceptors (Lipinski definition) is 3. The molecule has 2 rings (SSSR count). The van der Waals surface area contributed by atoms with Crippen LogP contribution in [-0.2, 0) is 17.9 Å². The first-order chi connectivity index (χ1) is 9.29. The zero-order valence-electron chi connectivity index (χ0n) is 10.5. The van der Waals surface area contributed by atoms with E-state index in [1.54, 1.807) is 0 Å². The zero-order valence-corrected chi connectivity index (χ0v) is 11.3. The second-order valence-electron chi connectivity index (χ2n) is 4.16. The van der Waals surface area contributed by atoms with Crippen molar-refractivity contribution in [2.24, 2.45) is 5.90 Å². The average Bonchev–Trinajstić information content (AvgIpc) is 2.45. The summed E-state index contributed by atoms with van der Waals surface area (Å²) in [6.45, 7) is 0.979. The molecule has 0 heterocycles. The van der Waals surface area contributed by atoms with Crippen molar-refractivity contribution in [3.8, 4) is 5.75 Å². The molecular weight excluding hydrogens is 262 g/mol.